The monoisotopic (exact) mass is 429 g/mol. The van der Waals surface area contributed by atoms with E-state index < -0.39 is 17.8 Å². The Hall–Kier alpha value is -3.69. The molecule has 0 spiro atoms. The van der Waals surface area contributed by atoms with Crippen LogP contribution >= 0.6 is 0 Å². The molecule has 0 saturated heterocycles. The molecule has 0 fully saturated rings. The first kappa shape index (κ1) is 20.6. The molecule has 160 valence electrons. The second-order valence-electron chi connectivity index (χ2n) is 7.15. The molecule has 1 aromatic carbocycles. The van der Waals surface area contributed by atoms with Gasteiger partial charge in [-0.25, -0.2) is 9.48 Å². The number of fused-ring (bicyclic) bond motifs is 1. The van der Waals surface area contributed by atoms with Crippen LogP contribution in [0.25, 0.3) is 0 Å². The summed E-state index contributed by atoms with van der Waals surface area (Å²) >= 11 is 0. The van der Waals surface area contributed by atoms with Gasteiger partial charge in [-0.1, -0.05) is 12.1 Å². The standard InChI is InChI=1S/C21H18F3N5O2/c22-21(23,24)16-4-1-5-17(10-16)26-20(31)28-8-6-18-15(13-28)9-19(30)29(27-18)12-14-3-2-7-25-11-14/h1-5,7,9-11H,6,8,12-13H2,(H,26,31). The maximum Gasteiger partial charge on any atom is 0.416 e. The molecule has 0 atom stereocenters. The van der Waals surface area contributed by atoms with Crippen LogP contribution in [-0.2, 0) is 25.7 Å². The first-order valence-electron chi connectivity index (χ1n) is 9.51. The third-order valence-corrected chi connectivity index (χ3v) is 4.93. The molecule has 4 rings (SSSR count). The van der Waals surface area contributed by atoms with Crippen molar-refractivity contribution in [2.75, 3.05) is 11.9 Å². The van der Waals surface area contributed by atoms with Gasteiger partial charge in [0.25, 0.3) is 5.56 Å². The van der Waals surface area contributed by atoms with Crippen LogP contribution < -0.4 is 10.9 Å². The van der Waals surface area contributed by atoms with E-state index in [1.165, 1.54) is 27.8 Å². The van der Waals surface area contributed by atoms with Crippen LogP contribution in [0.4, 0.5) is 23.7 Å². The number of carbonyl (C=O) groups is 1. The van der Waals surface area contributed by atoms with Gasteiger partial charge < -0.3 is 10.2 Å². The minimum atomic E-state index is -4.49. The highest BCUT2D eigenvalue weighted by Gasteiger charge is 2.31. The highest BCUT2D eigenvalue weighted by atomic mass is 19.4. The minimum Gasteiger partial charge on any atom is -0.320 e. The Morgan fingerprint density at radius 1 is 1.16 bits per heavy atom. The smallest absolute Gasteiger partial charge is 0.320 e. The number of hydrogen-bond acceptors (Lipinski definition) is 4. The van der Waals surface area contributed by atoms with Gasteiger partial charge >= 0.3 is 12.2 Å². The van der Waals surface area contributed by atoms with Crippen LogP contribution in [0.3, 0.4) is 0 Å². The van der Waals surface area contributed by atoms with E-state index in [-0.39, 0.29) is 17.8 Å². The van der Waals surface area contributed by atoms with Gasteiger partial charge in [0.15, 0.2) is 0 Å². The normalized spacial score (nSPS) is 13.6. The summed E-state index contributed by atoms with van der Waals surface area (Å²) < 4.78 is 40.0. The SMILES string of the molecule is O=C(Nc1cccc(C(F)(F)F)c1)N1CCc2nn(Cc3cccnc3)c(=O)cc2C1. The highest BCUT2D eigenvalue weighted by molar-refractivity contribution is 5.89. The van der Waals surface area contributed by atoms with Crippen molar-refractivity contribution >= 4 is 11.7 Å². The van der Waals surface area contributed by atoms with E-state index in [9.17, 15) is 22.8 Å². The zero-order chi connectivity index (χ0) is 22.0. The van der Waals surface area contributed by atoms with E-state index in [0.717, 1.165) is 17.7 Å². The fourth-order valence-corrected chi connectivity index (χ4v) is 3.37. The second-order valence-corrected chi connectivity index (χ2v) is 7.15. The predicted molar refractivity (Wildman–Crippen MR) is 106 cm³/mol. The number of benzene rings is 1. The summed E-state index contributed by atoms with van der Waals surface area (Å²) in [6.07, 6.45) is -0.760. The summed E-state index contributed by atoms with van der Waals surface area (Å²) in [5, 5.41) is 6.91. The van der Waals surface area contributed by atoms with Crippen molar-refractivity contribution in [3.63, 3.8) is 0 Å². The Labute approximate surface area is 175 Å². The van der Waals surface area contributed by atoms with Crippen LogP contribution in [0.1, 0.15) is 22.4 Å². The number of amides is 2. The van der Waals surface area contributed by atoms with Crippen molar-refractivity contribution < 1.29 is 18.0 Å². The van der Waals surface area contributed by atoms with Gasteiger partial charge in [-0.15, -0.1) is 0 Å². The zero-order valence-corrected chi connectivity index (χ0v) is 16.3. The molecule has 1 aliphatic heterocycles. The maximum absolute atomic E-state index is 12.9. The second kappa shape index (κ2) is 8.21. The van der Waals surface area contributed by atoms with Crippen molar-refractivity contribution in [3.8, 4) is 0 Å². The summed E-state index contributed by atoms with van der Waals surface area (Å²) in [5.41, 5.74) is 1.09. The number of carbonyl (C=O) groups excluding carboxylic acids is 1. The molecule has 3 aromatic rings. The summed E-state index contributed by atoms with van der Waals surface area (Å²) in [6.45, 7) is 0.770. The molecule has 2 aromatic heterocycles. The number of aromatic nitrogens is 3. The zero-order valence-electron chi connectivity index (χ0n) is 16.3. The maximum atomic E-state index is 12.9. The third kappa shape index (κ3) is 4.73. The lowest BCUT2D eigenvalue weighted by atomic mass is 10.1. The quantitative estimate of drug-likeness (QED) is 0.693. The van der Waals surface area contributed by atoms with Gasteiger partial charge in [-0.05, 0) is 29.8 Å². The van der Waals surface area contributed by atoms with Gasteiger partial charge in [-0.3, -0.25) is 9.78 Å². The van der Waals surface area contributed by atoms with E-state index in [0.29, 0.717) is 30.8 Å². The fourth-order valence-electron chi connectivity index (χ4n) is 3.37. The van der Waals surface area contributed by atoms with Crippen LogP contribution in [0, 0.1) is 0 Å². The van der Waals surface area contributed by atoms with Crippen LogP contribution in [-0.4, -0.2) is 32.2 Å². The van der Waals surface area contributed by atoms with Crippen LogP contribution in [0.2, 0.25) is 0 Å². The average molecular weight is 429 g/mol. The van der Waals surface area contributed by atoms with Gasteiger partial charge in [0.1, 0.15) is 0 Å². The molecule has 10 heteroatoms. The first-order valence-corrected chi connectivity index (χ1v) is 9.51. The molecule has 0 aliphatic carbocycles. The summed E-state index contributed by atoms with van der Waals surface area (Å²) in [6, 6.07) is 8.98. The van der Waals surface area contributed by atoms with Crippen LogP contribution in [0.15, 0.2) is 59.7 Å². The summed E-state index contributed by atoms with van der Waals surface area (Å²) in [5.74, 6) is 0. The molecule has 2 amide bonds. The molecule has 0 saturated carbocycles. The number of pyridine rings is 1. The molecule has 0 bridgehead atoms. The van der Waals surface area contributed by atoms with E-state index in [2.05, 4.69) is 15.4 Å². The molecule has 0 unspecified atom stereocenters. The predicted octanol–water partition coefficient (Wildman–Crippen LogP) is 3.30. The number of halogens is 3. The lowest BCUT2D eigenvalue weighted by molar-refractivity contribution is -0.137. The Kier molecular flexibility index (Phi) is 5.45. The van der Waals surface area contributed by atoms with Crippen LogP contribution in [0.5, 0.6) is 0 Å². The first-order chi connectivity index (χ1) is 14.8. The lowest BCUT2D eigenvalue weighted by Gasteiger charge is -2.28. The van der Waals surface area contributed by atoms with Crippen molar-refractivity contribution in [1.82, 2.24) is 19.7 Å². The molecular weight excluding hydrogens is 411 g/mol. The molecule has 7 nitrogen and oxygen atoms in total. The largest absolute Gasteiger partial charge is 0.416 e. The molecular formula is C21H18F3N5O2. The molecule has 1 N–H and O–H groups in total. The van der Waals surface area contributed by atoms with E-state index >= 15 is 0 Å². The number of rotatable bonds is 3. The summed E-state index contributed by atoms with van der Waals surface area (Å²) in [4.78, 5) is 30.5. The van der Waals surface area contributed by atoms with Gasteiger partial charge in [0.05, 0.1) is 17.8 Å². The van der Waals surface area contributed by atoms with Crippen molar-refractivity contribution in [2.45, 2.75) is 25.7 Å². The van der Waals surface area contributed by atoms with Gasteiger partial charge in [0, 0.05) is 49.2 Å². The number of nitrogens with zero attached hydrogens (tertiary/aromatic N) is 4. The van der Waals surface area contributed by atoms with E-state index in [4.69, 9.17) is 0 Å². The van der Waals surface area contributed by atoms with Crippen molar-refractivity contribution in [2.24, 2.45) is 0 Å². The third-order valence-electron chi connectivity index (χ3n) is 4.93. The van der Waals surface area contributed by atoms with Crippen molar-refractivity contribution in [3.05, 3.63) is 87.6 Å². The number of nitrogens with one attached hydrogen (secondary N) is 1. The minimum absolute atomic E-state index is 0.0515. The Morgan fingerprint density at radius 3 is 2.74 bits per heavy atom. The van der Waals surface area contributed by atoms with Crippen molar-refractivity contribution in [1.29, 1.82) is 0 Å². The summed E-state index contributed by atoms with van der Waals surface area (Å²) in [7, 11) is 0. The molecule has 0 radical (unpaired) electrons. The number of alkyl halides is 3. The molecule has 3 heterocycles. The molecule has 31 heavy (non-hydrogen) atoms. The van der Waals surface area contributed by atoms with E-state index in [1.807, 2.05) is 6.07 Å². The average Bonchev–Trinajstić information content (AvgIpc) is 2.74. The van der Waals surface area contributed by atoms with E-state index in [1.54, 1.807) is 18.5 Å². The topological polar surface area (TPSA) is 80.1 Å². The highest BCUT2D eigenvalue weighted by Crippen LogP contribution is 2.30. The van der Waals surface area contributed by atoms with Gasteiger partial charge in [-0.2, -0.15) is 18.3 Å². The molecule has 1 aliphatic rings. The number of anilines is 1. The Balaban J connectivity index is 1.47. The number of urea groups is 1. The number of hydrogen-bond donors (Lipinski definition) is 1. The Morgan fingerprint density at radius 2 is 2.00 bits per heavy atom. The fraction of sp³-hybridized carbons (Fsp3) is 0.238. The lowest BCUT2D eigenvalue weighted by Crippen LogP contribution is -2.40. The van der Waals surface area contributed by atoms with Gasteiger partial charge in [0.2, 0.25) is 0 Å². The Bertz CT molecular complexity index is 1160.